The normalized spacial score (nSPS) is 16.6. The van der Waals surface area contributed by atoms with Crippen molar-refractivity contribution in [3.8, 4) is 0 Å². The maximum absolute atomic E-state index is 12.4. The molecule has 0 bridgehead atoms. The van der Waals surface area contributed by atoms with Crippen LogP contribution in [0.4, 0.5) is 5.69 Å². The Balaban J connectivity index is 2.08. The lowest BCUT2D eigenvalue weighted by Gasteiger charge is -2.26. The Morgan fingerprint density at radius 2 is 2.05 bits per heavy atom. The van der Waals surface area contributed by atoms with Crippen molar-refractivity contribution in [2.75, 3.05) is 29.9 Å². The van der Waals surface area contributed by atoms with E-state index < -0.39 is 6.04 Å². The fourth-order valence-corrected chi connectivity index (χ4v) is 2.84. The van der Waals surface area contributed by atoms with Gasteiger partial charge in [0.1, 0.15) is 0 Å². The van der Waals surface area contributed by atoms with Crippen LogP contribution >= 0.6 is 11.8 Å². The van der Waals surface area contributed by atoms with Crippen molar-refractivity contribution in [1.82, 2.24) is 4.90 Å². The standard InChI is InChI=1S/C14H19N3O2S/c1-10(15)13(18)16-12-4-2-3-11(9-12)14(19)17-5-7-20-8-6-17/h2-4,9-10H,5-8,15H2,1H3,(H,16,18)/t10-/m1/s1. The summed E-state index contributed by atoms with van der Waals surface area (Å²) in [5.41, 5.74) is 6.71. The van der Waals surface area contributed by atoms with E-state index in [0.717, 1.165) is 24.6 Å². The molecule has 0 saturated carbocycles. The number of amides is 2. The molecular weight excluding hydrogens is 274 g/mol. The van der Waals surface area contributed by atoms with E-state index in [-0.39, 0.29) is 11.8 Å². The van der Waals surface area contributed by atoms with Crippen LogP contribution in [0.25, 0.3) is 0 Å². The van der Waals surface area contributed by atoms with E-state index in [9.17, 15) is 9.59 Å². The minimum Gasteiger partial charge on any atom is -0.337 e. The van der Waals surface area contributed by atoms with Crippen molar-refractivity contribution >= 4 is 29.3 Å². The van der Waals surface area contributed by atoms with E-state index in [1.54, 1.807) is 31.2 Å². The highest BCUT2D eigenvalue weighted by Crippen LogP contribution is 2.16. The van der Waals surface area contributed by atoms with Gasteiger partial charge in [-0.3, -0.25) is 9.59 Å². The molecule has 108 valence electrons. The Morgan fingerprint density at radius 3 is 2.70 bits per heavy atom. The molecule has 6 heteroatoms. The maximum atomic E-state index is 12.4. The van der Waals surface area contributed by atoms with Crippen LogP contribution in [-0.4, -0.2) is 47.4 Å². The zero-order valence-electron chi connectivity index (χ0n) is 11.5. The number of benzene rings is 1. The third kappa shape index (κ3) is 3.74. The Bertz CT molecular complexity index is 499. The third-order valence-corrected chi connectivity index (χ3v) is 4.03. The number of carbonyl (C=O) groups is 2. The van der Waals surface area contributed by atoms with Crippen molar-refractivity contribution in [1.29, 1.82) is 0 Å². The number of nitrogens with two attached hydrogens (primary N) is 1. The lowest BCUT2D eigenvalue weighted by Crippen LogP contribution is -2.38. The van der Waals surface area contributed by atoms with Gasteiger partial charge in [0.25, 0.3) is 5.91 Å². The summed E-state index contributed by atoms with van der Waals surface area (Å²) in [6, 6.07) is 6.41. The summed E-state index contributed by atoms with van der Waals surface area (Å²) in [4.78, 5) is 25.8. The van der Waals surface area contributed by atoms with Gasteiger partial charge < -0.3 is 16.0 Å². The second-order valence-electron chi connectivity index (χ2n) is 4.76. The Morgan fingerprint density at radius 1 is 1.35 bits per heavy atom. The fraction of sp³-hybridized carbons (Fsp3) is 0.429. The van der Waals surface area contributed by atoms with Gasteiger partial charge in [-0.15, -0.1) is 0 Å². The number of nitrogens with one attached hydrogen (secondary N) is 1. The molecule has 5 nitrogen and oxygen atoms in total. The van der Waals surface area contributed by atoms with Crippen LogP contribution in [-0.2, 0) is 4.79 Å². The number of thioether (sulfide) groups is 1. The summed E-state index contributed by atoms with van der Waals surface area (Å²) in [6.45, 7) is 3.18. The smallest absolute Gasteiger partial charge is 0.253 e. The van der Waals surface area contributed by atoms with E-state index in [4.69, 9.17) is 5.73 Å². The average Bonchev–Trinajstić information content (AvgIpc) is 2.47. The van der Waals surface area contributed by atoms with E-state index in [0.29, 0.717) is 11.3 Å². The van der Waals surface area contributed by atoms with E-state index in [1.807, 2.05) is 16.7 Å². The molecule has 1 aliphatic heterocycles. The molecule has 1 saturated heterocycles. The van der Waals surface area contributed by atoms with Gasteiger partial charge in [0.05, 0.1) is 6.04 Å². The molecule has 2 rings (SSSR count). The van der Waals surface area contributed by atoms with Gasteiger partial charge in [0, 0.05) is 35.8 Å². The fourth-order valence-electron chi connectivity index (χ4n) is 1.94. The van der Waals surface area contributed by atoms with Gasteiger partial charge in [-0.1, -0.05) is 6.07 Å². The van der Waals surface area contributed by atoms with Crippen LogP contribution in [0.3, 0.4) is 0 Å². The first-order valence-corrected chi connectivity index (χ1v) is 7.77. The zero-order valence-corrected chi connectivity index (χ0v) is 12.3. The number of hydrogen-bond acceptors (Lipinski definition) is 4. The van der Waals surface area contributed by atoms with E-state index >= 15 is 0 Å². The highest BCUT2D eigenvalue weighted by molar-refractivity contribution is 7.99. The Labute approximate surface area is 122 Å². The highest BCUT2D eigenvalue weighted by Gasteiger charge is 2.18. The van der Waals surface area contributed by atoms with Crippen LogP contribution in [0.1, 0.15) is 17.3 Å². The first-order chi connectivity index (χ1) is 9.58. The van der Waals surface area contributed by atoms with Gasteiger partial charge >= 0.3 is 0 Å². The number of anilines is 1. The largest absolute Gasteiger partial charge is 0.337 e. The minimum atomic E-state index is -0.575. The van der Waals surface area contributed by atoms with Crippen LogP contribution in [0, 0.1) is 0 Å². The molecule has 1 atom stereocenters. The molecule has 1 aromatic carbocycles. The zero-order chi connectivity index (χ0) is 14.5. The Kier molecular flexibility index (Phi) is 5.03. The molecule has 0 unspecified atom stereocenters. The highest BCUT2D eigenvalue weighted by atomic mass is 32.2. The lowest BCUT2D eigenvalue weighted by atomic mass is 10.1. The second-order valence-corrected chi connectivity index (χ2v) is 5.99. The molecule has 3 N–H and O–H groups in total. The number of rotatable bonds is 3. The molecular formula is C14H19N3O2S. The van der Waals surface area contributed by atoms with E-state index in [1.165, 1.54) is 0 Å². The molecule has 1 aromatic rings. The molecule has 0 spiro atoms. The molecule has 2 amide bonds. The topological polar surface area (TPSA) is 75.4 Å². The number of nitrogens with zero attached hydrogens (tertiary/aromatic N) is 1. The van der Waals surface area contributed by atoms with Gasteiger partial charge in [0.2, 0.25) is 5.91 Å². The number of hydrogen-bond donors (Lipinski definition) is 2. The minimum absolute atomic E-state index is 0.0159. The monoisotopic (exact) mass is 293 g/mol. The van der Waals surface area contributed by atoms with Crippen LogP contribution in [0.2, 0.25) is 0 Å². The lowest BCUT2D eigenvalue weighted by molar-refractivity contribution is -0.117. The van der Waals surface area contributed by atoms with Gasteiger partial charge in [-0.2, -0.15) is 11.8 Å². The summed E-state index contributed by atoms with van der Waals surface area (Å²) >= 11 is 1.86. The molecule has 0 radical (unpaired) electrons. The summed E-state index contributed by atoms with van der Waals surface area (Å²) in [6.07, 6.45) is 0. The summed E-state index contributed by atoms with van der Waals surface area (Å²) in [5, 5.41) is 2.70. The number of carbonyl (C=O) groups excluding carboxylic acids is 2. The third-order valence-electron chi connectivity index (χ3n) is 3.09. The molecule has 0 aromatic heterocycles. The van der Waals surface area contributed by atoms with Gasteiger partial charge in [-0.05, 0) is 25.1 Å². The van der Waals surface area contributed by atoms with Crippen molar-refractivity contribution < 1.29 is 9.59 Å². The van der Waals surface area contributed by atoms with Crippen LogP contribution in [0.5, 0.6) is 0 Å². The Hall–Kier alpha value is -1.53. The van der Waals surface area contributed by atoms with Crippen molar-refractivity contribution in [2.24, 2.45) is 5.73 Å². The summed E-state index contributed by atoms with van der Waals surface area (Å²) in [5.74, 6) is 1.71. The average molecular weight is 293 g/mol. The van der Waals surface area contributed by atoms with Crippen molar-refractivity contribution in [3.63, 3.8) is 0 Å². The SMILES string of the molecule is C[C@@H](N)C(=O)Nc1cccc(C(=O)N2CCSCC2)c1. The summed E-state index contributed by atoms with van der Waals surface area (Å²) in [7, 11) is 0. The molecule has 1 fully saturated rings. The van der Waals surface area contributed by atoms with Crippen LogP contribution < -0.4 is 11.1 Å². The predicted octanol–water partition coefficient (Wildman–Crippen LogP) is 1.16. The first kappa shape index (κ1) is 14.9. The quantitative estimate of drug-likeness (QED) is 0.877. The first-order valence-electron chi connectivity index (χ1n) is 6.61. The van der Waals surface area contributed by atoms with Crippen molar-refractivity contribution in [2.45, 2.75) is 13.0 Å². The maximum Gasteiger partial charge on any atom is 0.253 e. The second kappa shape index (κ2) is 6.76. The molecule has 20 heavy (non-hydrogen) atoms. The molecule has 1 aliphatic rings. The van der Waals surface area contributed by atoms with Gasteiger partial charge in [0.15, 0.2) is 0 Å². The van der Waals surface area contributed by atoms with E-state index in [2.05, 4.69) is 5.32 Å². The van der Waals surface area contributed by atoms with Crippen LogP contribution in [0.15, 0.2) is 24.3 Å². The van der Waals surface area contributed by atoms with Crippen molar-refractivity contribution in [3.05, 3.63) is 29.8 Å². The molecule has 1 heterocycles. The predicted molar refractivity (Wildman–Crippen MR) is 81.9 cm³/mol. The molecule has 0 aliphatic carbocycles. The summed E-state index contributed by atoms with van der Waals surface area (Å²) < 4.78 is 0. The van der Waals surface area contributed by atoms with Gasteiger partial charge in [-0.25, -0.2) is 0 Å².